The summed E-state index contributed by atoms with van der Waals surface area (Å²) in [5.41, 5.74) is 5.62. The Balaban J connectivity index is 1.55. The highest BCUT2D eigenvalue weighted by molar-refractivity contribution is 5.98. The fraction of sp³-hybridized carbons (Fsp3) is 0.650. The molecule has 2 nitrogen and oxygen atoms in total. The summed E-state index contributed by atoms with van der Waals surface area (Å²) in [5.74, 6) is 0.898. The summed E-state index contributed by atoms with van der Waals surface area (Å²) in [5, 5.41) is 3.88. The van der Waals surface area contributed by atoms with E-state index in [0.29, 0.717) is 6.04 Å². The zero-order valence-corrected chi connectivity index (χ0v) is 14.2. The Hall–Kier alpha value is -1.15. The Bertz CT molecular complexity index is 595. The van der Waals surface area contributed by atoms with Crippen molar-refractivity contribution in [2.75, 3.05) is 0 Å². The molecule has 1 aliphatic carbocycles. The van der Waals surface area contributed by atoms with E-state index in [1.54, 1.807) is 0 Å². The van der Waals surface area contributed by atoms with E-state index in [0.717, 1.165) is 18.4 Å². The molecular formula is C20H28N2. The van der Waals surface area contributed by atoms with E-state index < -0.39 is 0 Å². The molecule has 0 radical (unpaired) electrons. The zero-order valence-electron chi connectivity index (χ0n) is 14.2. The van der Waals surface area contributed by atoms with Gasteiger partial charge in [0, 0.05) is 24.2 Å². The molecule has 3 aliphatic rings. The molecule has 3 atom stereocenters. The third-order valence-electron chi connectivity index (χ3n) is 5.85. The predicted octanol–water partition coefficient (Wildman–Crippen LogP) is 4.53. The van der Waals surface area contributed by atoms with Crippen molar-refractivity contribution in [3.05, 3.63) is 29.3 Å². The summed E-state index contributed by atoms with van der Waals surface area (Å²) >= 11 is 0. The number of hydrogen-bond donors (Lipinski definition) is 1. The van der Waals surface area contributed by atoms with E-state index in [4.69, 9.17) is 4.99 Å². The molecule has 1 saturated heterocycles. The number of hydrogen-bond acceptors (Lipinski definition) is 2. The van der Waals surface area contributed by atoms with Crippen molar-refractivity contribution in [1.29, 1.82) is 0 Å². The quantitative estimate of drug-likeness (QED) is 0.808. The van der Waals surface area contributed by atoms with E-state index >= 15 is 0 Å². The Morgan fingerprint density at radius 2 is 1.95 bits per heavy atom. The normalized spacial score (nSPS) is 30.9. The molecule has 1 aromatic rings. The second-order valence-electron chi connectivity index (χ2n) is 8.48. The van der Waals surface area contributed by atoms with Gasteiger partial charge >= 0.3 is 0 Å². The van der Waals surface area contributed by atoms with Crippen molar-refractivity contribution < 1.29 is 0 Å². The molecule has 2 fully saturated rings. The minimum atomic E-state index is 0.202. The van der Waals surface area contributed by atoms with Gasteiger partial charge < -0.3 is 5.32 Å². The lowest BCUT2D eigenvalue weighted by molar-refractivity contribution is 0.326. The van der Waals surface area contributed by atoms with Crippen LogP contribution < -0.4 is 5.32 Å². The Morgan fingerprint density at radius 1 is 1.14 bits per heavy atom. The van der Waals surface area contributed by atoms with Crippen molar-refractivity contribution in [3.63, 3.8) is 0 Å². The monoisotopic (exact) mass is 296 g/mol. The minimum absolute atomic E-state index is 0.202. The van der Waals surface area contributed by atoms with Gasteiger partial charge in [-0.25, -0.2) is 0 Å². The molecule has 2 heterocycles. The van der Waals surface area contributed by atoms with Gasteiger partial charge in [0.25, 0.3) is 0 Å². The Labute approximate surface area is 134 Å². The van der Waals surface area contributed by atoms with Gasteiger partial charge in [-0.3, -0.25) is 4.99 Å². The number of fused-ring (bicyclic) bond motifs is 2. The zero-order chi connectivity index (χ0) is 15.3. The maximum atomic E-state index is 5.02. The molecule has 0 aromatic heterocycles. The lowest BCUT2D eigenvalue weighted by Crippen LogP contribution is -2.37. The summed E-state index contributed by atoms with van der Waals surface area (Å²) in [6.45, 7) is 6.83. The molecule has 1 N–H and O–H groups in total. The van der Waals surface area contributed by atoms with Gasteiger partial charge in [-0.05, 0) is 47.8 Å². The second kappa shape index (κ2) is 5.19. The third-order valence-corrected chi connectivity index (χ3v) is 5.85. The number of nitrogens with one attached hydrogen (secondary N) is 1. The highest BCUT2D eigenvalue weighted by Gasteiger charge is 2.38. The van der Waals surface area contributed by atoms with Gasteiger partial charge in [0.1, 0.15) is 0 Å². The van der Waals surface area contributed by atoms with Gasteiger partial charge in [0.05, 0.1) is 5.69 Å². The number of rotatable bonds is 1. The van der Waals surface area contributed by atoms with Crippen LogP contribution in [0.3, 0.4) is 0 Å². The first-order valence-electron chi connectivity index (χ1n) is 8.97. The first-order chi connectivity index (χ1) is 10.5. The van der Waals surface area contributed by atoms with Crippen molar-refractivity contribution in [2.24, 2.45) is 10.9 Å². The summed E-state index contributed by atoms with van der Waals surface area (Å²) < 4.78 is 0. The average molecular weight is 296 g/mol. The first kappa shape index (κ1) is 14.4. The van der Waals surface area contributed by atoms with Crippen molar-refractivity contribution >= 4 is 11.4 Å². The fourth-order valence-corrected chi connectivity index (χ4v) is 4.45. The molecular weight excluding hydrogens is 268 g/mol. The minimum Gasteiger partial charge on any atom is -0.306 e. The second-order valence-corrected chi connectivity index (χ2v) is 8.48. The molecule has 22 heavy (non-hydrogen) atoms. The topological polar surface area (TPSA) is 24.4 Å². The van der Waals surface area contributed by atoms with Crippen LogP contribution in [0, 0.1) is 5.92 Å². The fourth-order valence-electron chi connectivity index (χ4n) is 4.45. The molecule has 4 rings (SSSR count). The summed E-state index contributed by atoms with van der Waals surface area (Å²) in [4.78, 5) is 5.02. The molecule has 0 spiro atoms. The van der Waals surface area contributed by atoms with Gasteiger partial charge in [-0.1, -0.05) is 45.7 Å². The predicted molar refractivity (Wildman–Crippen MR) is 93.2 cm³/mol. The first-order valence-corrected chi connectivity index (χ1v) is 8.97. The smallest absolute Gasteiger partial charge is 0.0668 e. The SMILES string of the molecule is CC(C)(C)c1ccc2c(c1)N=C(C1CC3CCCCC3N1)C2. The lowest BCUT2D eigenvalue weighted by Gasteiger charge is -2.24. The molecule has 118 valence electrons. The summed E-state index contributed by atoms with van der Waals surface area (Å²) in [6.07, 6.45) is 7.98. The van der Waals surface area contributed by atoms with Crippen molar-refractivity contribution in [1.82, 2.24) is 5.32 Å². The number of nitrogens with zero attached hydrogens (tertiary/aromatic N) is 1. The highest BCUT2D eigenvalue weighted by Crippen LogP contribution is 2.37. The Morgan fingerprint density at radius 3 is 2.73 bits per heavy atom. The summed E-state index contributed by atoms with van der Waals surface area (Å²) in [7, 11) is 0. The molecule has 0 bridgehead atoms. The van der Waals surface area contributed by atoms with Crippen LogP contribution in [0.25, 0.3) is 0 Å². The Kier molecular flexibility index (Phi) is 3.41. The van der Waals surface area contributed by atoms with E-state index in [-0.39, 0.29) is 5.41 Å². The van der Waals surface area contributed by atoms with Crippen LogP contribution in [0.2, 0.25) is 0 Å². The van der Waals surface area contributed by atoms with Crippen LogP contribution in [0.5, 0.6) is 0 Å². The molecule has 2 aliphatic heterocycles. The van der Waals surface area contributed by atoms with Gasteiger partial charge in [-0.15, -0.1) is 0 Å². The van der Waals surface area contributed by atoms with Crippen LogP contribution in [0.4, 0.5) is 5.69 Å². The highest BCUT2D eigenvalue weighted by atomic mass is 15.0. The number of benzene rings is 1. The molecule has 0 amide bonds. The van der Waals surface area contributed by atoms with E-state index in [2.05, 4.69) is 44.3 Å². The largest absolute Gasteiger partial charge is 0.306 e. The van der Waals surface area contributed by atoms with E-state index in [1.165, 1.54) is 54.6 Å². The van der Waals surface area contributed by atoms with Crippen LogP contribution in [-0.4, -0.2) is 17.8 Å². The molecule has 3 unspecified atom stereocenters. The van der Waals surface area contributed by atoms with E-state index in [1.807, 2.05) is 0 Å². The maximum absolute atomic E-state index is 5.02. The van der Waals surface area contributed by atoms with Crippen LogP contribution in [0.1, 0.15) is 64.0 Å². The van der Waals surface area contributed by atoms with Crippen LogP contribution in [0.15, 0.2) is 23.2 Å². The molecule has 2 heteroatoms. The van der Waals surface area contributed by atoms with E-state index in [9.17, 15) is 0 Å². The third kappa shape index (κ3) is 2.52. The maximum Gasteiger partial charge on any atom is 0.0668 e. The average Bonchev–Trinajstić information content (AvgIpc) is 3.08. The summed E-state index contributed by atoms with van der Waals surface area (Å²) in [6, 6.07) is 8.19. The lowest BCUT2D eigenvalue weighted by atomic mass is 9.84. The van der Waals surface area contributed by atoms with Crippen molar-refractivity contribution in [2.45, 2.75) is 76.8 Å². The van der Waals surface area contributed by atoms with Crippen molar-refractivity contribution in [3.8, 4) is 0 Å². The number of aliphatic imine (C=N–C) groups is 1. The van der Waals surface area contributed by atoms with Gasteiger partial charge in [-0.2, -0.15) is 0 Å². The molecule has 1 saturated carbocycles. The van der Waals surface area contributed by atoms with Gasteiger partial charge in [0.2, 0.25) is 0 Å². The van der Waals surface area contributed by atoms with Gasteiger partial charge in [0.15, 0.2) is 0 Å². The standard InChI is InChI=1S/C20H28N2/c1-20(2,3)15-9-8-14-11-19(22-17(14)12-15)18-10-13-6-4-5-7-16(13)21-18/h8-9,12-13,16,18,21H,4-7,10-11H2,1-3H3. The van der Waals surface area contributed by atoms with Crippen LogP contribution >= 0.6 is 0 Å². The van der Waals surface area contributed by atoms with Crippen LogP contribution in [-0.2, 0) is 11.8 Å². The molecule has 1 aromatic carbocycles.